The zero-order chi connectivity index (χ0) is 17.6. The average molecular weight is 345 g/mol. The van der Waals surface area contributed by atoms with Gasteiger partial charge in [0.05, 0.1) is 0 Å². The highest BCUT2D eigenvalue weighted by atomic mass is 16.3. The number of likely N-dealkylation sites (N-methyl/N-ethyl adjacent to an activating group) is 1. The van der Waals surface area contributed by atoms with Crippen LogP contribution < -0.4 is 0 Å². The Balaban J connectivity index is 1.63. The number of carbonyl (C=O) groups is 1. The van der Waals surface area contributed by atoms with Crippen molar-refractivity contribution in [1.82, 2.24) is 14.7 Å². The summed E-state index contributed by atoms with van der Waals surface area (Å²) < 4.78 is 0. The number of piperidine rings is 1. The molecule has 2 saturated heterocycles. The van der Waals surface area contributed by atoms with Crippen LogP contribution in [0.25, 0.3) is 0 Å². The molecule has 1 N–H and O–H groups in total. The zero-order valence-corrected chi connectivity index (χ0v) is 15.3. The molecule has 2 aliphatic rings. The Hall–Kier alpha value is -1.43. The van der Waals surface area contributed by atoms with E-state index in [-0.39, 0.29) is 18.4 Å². The van der Waals surface area contributed by atoms with Crippen LogP contribution in [-0.2, 0) is 0 Å². The number of likely N-dealkylation sites (tertiary alicyclic amines) is 1. The fourth-order valence-corrected chi connectivity index (χ4v) is 4.16. The Morgan fingerprint density at radius 1 is 1.08 bits per heavy atom. The lowest BCUT2D eigenvalue weighted by molar-refractivity contribution is 0.0454. The molecule has 0 aromatic heterocycles. The smallest absolute Gasteiger partial charge is 0.253 e. The maximum absolute atomic E-state index is 12.8. The van der Waals surface area contributed by atoms with Crippen LogP contribution in [0.3, 0.4) is 0 Å². The van der Waals surface area contributed by atoms with E-state index in [0.29, 0.717) is 12.5 Å². The summed E-state index contributed by atoms with van der Waals surface area (Å²) in [4.78, 5) is 19.7. The quantitative estimate of drug-likeness (QED) is 0.896. The maximum Gasteiger partial charge on any atom is 0.253 e. The number of amides is 1. The van der Waals surface area contributed by atoms with Crippen LogP contribution in [-0.4, -0.2) is 85.2 Å². The molecule has 5 heteroatoms. The van der Waals surface area contributed by atoms with Crippen molar-refractivity contribution in [3.05, 3.63) is 35.9 Å². The van der Waals surface area contributed by atoms with E-state index >= 15 is 0 Å². The molecule has 1 aromatic carbocycles. The lowest BCUT2D eigenvalue weighted by atomic mass is 9.88. The van der Waals surface area contributed by atoms with Gasteiger partial charge < -0.3 is 19.8 Å². The van der Waals surface area contributed by atoms with E-state index in [4.69, 9.17) is 0 Å². The van der Waals surface area contributed by atoms with Gasteiger partial charge in [0.2, 0.25) is 0 Å². The molecular formula is C20H31N3O2. The Kier molecular flexibility index (Phi) is 6.45. The van der Waals surface area contributed by atoms with E-state index in [9.17, 15) is 9.90 Å². The molecule has 0 unspecified atom stereocenters. The van der Waals surface area contributed by atoms with E-state index in [1.807, 2.05) is 35.2 Å². The summed E-state index contributed by atoms with van der Waals surface area (Å²) in [6.07, 6.45) is 2.22. The highest BCUT2D eigenvalue weighted by Gasteiger charge is 2.31. The molecule has 0 saturated carbocycles. The van der Waals surface area contributed by atoms with E-state index in [2.05, 4.69) is 16.8 Å². The minimum Gasteiger partial charge on any atom is -0.396 e. The van der Waals surface area contributed by atoms with Crippen molar-refractivity contribution in [1.29, 1.82) is 0 Å². The SMILES string of the molecule is CN1CCCN(C[C@H]2C[C@H](CO)CN(C(=O)c3ccccc3)C2)CC1. The van der Waals surface area contributed by atoms with Gasteiger partial charge in [0.25, 0.3) is 5.91 Å². The highest BCUT2D eigenvalue weighted by molar-refractivity contribution is 5.94. The van der Waals surface area contributed by atoms with Gasteiger partial charge in [0.1, 0.15) is 0 Å². The lowest BCUT2D eigenvalue weighted by Crippen LogP contribution is -2.48. The van der Waals surface area contributed by atoms with Crippen molar-refractivity contribution in [2.75, 3.05) is 59.5 Å². The maximum atomic E-state index is 12.8. The third kappa shape index (κ3) is 5.03. The number of benzene rings is 1. The minimum atomic E-state index is 0.0966. The molecule has 2 atom stereocenters. The molecule has 1 aromatic rings. The standard InChI is InChI=1S/C20H31N3O2/c1-21-8-5-9-22(11-10-21)13-17-12-18(16-24)15-23(14-17)20(25)19-6-3-2-4-7-19/h2-4,6-7,17-18,24H,5,8-16H2,1H3/t17-,18+/m1/s1. The third-order valence-corrected chi connectivity index (χ3v) is 5.52. The Morgan fingerprint density at radius 2 is 1.84 bits per heavy atom. The Labute approximate surface area is 151 Å². The van der Waals surface area contributed by atoms with Gasteiger partial charge in [-0.1, -0.05) is 18.2 Å². The zero-order valence-electron chi connectivity index (χ0n) is 15.3. The van der Waals surface area contributed by atoms with Crippen LogP contribution in [0.5, 0.6) is 0 Å². The Morgan fingerprint density at radius 3 is 2.60 bits per heavy atom. The van der Waals surface area contributed by atoms with Gasteiger partial charge in [0.15, 0.2) is 0 Å². The van der Waals surface area contributed by atoms with Crippen molar-refractivity contribution >= 4 is 5.91 Å². The molecule has 5 nitrogen and oxygen atoms in total. The van der Waals surface area contributed by atoms with Crippen molar-refractivity contribution in [3.63, 3.8) is 0 Å². The predicted molar refractivity (Wildman–Crippen MR) is 99.6 cm³/mol. The monoisotopic (exact) mass is 345 g/mol. The summed E-state index contributed by atoms with van der Waals surface area (Å²) in [5.74, 6) is 0.738. The second-order valence-electron chi connectivity index (χ2n) is 7.68. The molecule has 138 valence electrons. The number of hydrogen-bond acceptors (Lipinski definition) is 4. The van der Waals surface area contributed by atoms with E-state index in [1.165, 1.54) is 13.0 Å². The summed E-state index contributed by atoms with van der Waals surface area (Å²) in [5.41, 5.74) is 0.747. The fourth-order valence-electron chi connectivity index (χ4n) is 4.16. The van der Waals surface area contributed by atoms with Gasteiger partial charge >= 0.3 is 0 Å². The van der Waals surface area contributed by atoms with Crippen molar-refractivity contribution in [2.45, 2.75) is 12.8 Å². The molecule has 2 fully saturated rings. The van der Waals surface area contributed by atoms with Crippen molar-refractivity contribution in [2.24, 2.45) is 11.8 Å². The molecule has 0 bridgehead atoms. The third-order valence-electron chi connectivity index (χ3n) is 5.52. The molecule has 3 rings (SSSR count). The molecule has 25 heavy (non-hydrogen) atoms. The number of hydrogen-bond donors (Lipinski definition) is 1. The van der Waals surface area contributed by atoms with Gasteiger partial charge in [-0.2, -0.15) is 0 Å². The van der Waals surface area contributed by atoms with Crippen LogP contribution in [0.2, 0.25) is 0 Å². The topological polar surface area (TPSA) is 47.0 Å². The number of nitrogens with zero attached hydrogens (tertiary/aromatic N) is 3. The Bertz CT molecular complexity index is 551. The largest absolute Gasteiger partial charge is 0.396 e. The summed E-state index contributed by atoms with van der Waals surface area (Å²) in [5, 5.41) is 9.71. The molecular weight excluding hydrogens is 314 g/mol. The number of rotatable bonds is 4. The summed E-state index contributed by atoms with van der Waals surface area (Å²) in [7, 11) is 2.19. The first-order valence-electron chi connectivity index (χ1n) is 9.51. The number of aliphatic hydroxyl groups excluding tert-OH is 1. The van der Waals surface area contributed by atoms with Gasteiger partial charge in [-0.25, -0.2) is 0 Å². The number of carbonyl (C=O) groups excluding carboxylic acids is 1. The first-order valence-corrected chi connectivity index (χ1v) is 9.51. The van der Waals surface area contributed by atoms with Gasteiger partial charge in [0, 0.05) is 44.9 Å². The van der Waals surface area contributed by atoms with E-state index in [0.717, 1.165) is 44.7 Å². The second kappa shape index (κ2) is 8.79. The average Bonchev–Trinajstić information content (AvgIpc) is 2.85. The summed E-state index contributed by atoms with van der Waals surface area (Å²) >= 11 is 0. The van der Waals surface area contributed by atoms with Crippen LogP contribution in [0.15, 0.2) is 30.3 Å². The number of aliphatic hydroxyl groups is 1. The van der Waals surface area contributed by atoms with Crippen LogP contribution in [0.1, 0.15) is 23.2 Å². The van der Waals surface area contributed by atoms with Crippen LogP contribution >= 0.6 is 0 Å². The van der Waals surface area contributed by atoms with Crippen molar-refractivity contribution in [3.8, 4) is 0 Å². The molecule has 1 amide bonds. The first-order chi connectivity index (χ1) is 12.2. The molecule has 2 heterocycles. The summed E-state index contributed by atoms with van der Waals surface area (Å²) in [6, 6.07) is 9.51. The fraction of sp³-hybridized carbons (Fsp3) is 0.650. The normalized spacial score (nSPS) is 26.4. The van der Waals surface area contributed by atoms with Gasteiger partial charge in [-0.05, 0) is 56.9 Å². The van der Waals surface area contributed by atoms with Crippen LogP contribution in [0, 0.1) is 11.8 Å². The summed E-state index contributed by atoms with van der Waals surface area (Å²) in [6.45, 7) is 7.18. The van der Waals surface area contributed by atoms with Crippen molar-refractivity contribution < 1.29 is 9.90 Å². The predicted octanol–water partition coefficient (Wildman–Crippen LogP) is 1.39. The second-order valence-corrected chi connectivity index (χ2v) is 7.68. The molecule has 0 radical (unpaired) electrons. The first kappa shape index (κ1) is 18.4. The van der Waals surface area contributed by atoms with Gasteiger partial charge in [-0.15, -0.1) is 0 Å². The molecule has 0 aliphatic carbocycles. The van der Waals surface area contributed by atoms with Gasteiger partial charge in [-0.3, -0.25) is 4.79 Å². The lowest BCUT2D eigenvalue weighted by Gasteiger charge is -2.39. The molecule has 0 spiro atoms. The van der Waals surface area contributed by atoms with E-state index in [1.54, 1.807) is 0 Å². The molecule has 2 aliphatic heterocycles. The minimum absolute atomic E-state index is 0.0966. The highest BCUT2D eigenvalue weighted by Crippen LogP contribution is 2.24. The van der Waals surface area contributed by atoms with Crippen LogP contribution in [0.4, 0.5) is 0 Å². The van der Waals surface area contributed by atoms with E-state index < -0.39 is 0 Å².